The number of ether oxygens (including phenoxy) is 8. The third kappa shape index (κ3) is 21.3. The number of halogens is 3. The van der Waals surface area contributed by atoms with Crippen molar-refractivity contribution >= 4 is 61.2 Å². The van der Waals surface area contributed by atoms with Gasteiger partial charge in [0.05, 0.1) is 81.7 Å². The Balaban J connectivity index is 0.000000192. The van der Waals surface area contributed by atoms with Gasteiger partial charge in [0.2, 0.25) is 0 Å². The molecule has 4 saturated heterocycles. The van der Waals surface area contributed by atoms with E-state index in [2.05, 4.69) is 105 Å². The largest absolute Gasteiger partial charge is 0.534 e. The molecule has 572 valence electrons. The first-order valence-electron chi connectivity index (χ1n) is 35.8. The number of aryl methyl sites for hydroxylation is 1. The number of methoxy groups -OCH3 is 1. The van der Waals surface area contributed by atoms with E-state index in [0.717, 1.165) is 140 Å². The summed E-state index contributed by atoms with van der Waals surface area (Å²) in [6, 6.07) is 22.7. The van der Waals surface area contributed by atoms with Crippen LogP contribution < -0.4 is 38.4 Å². The van der Waals surface area contributed by atoms with Crippen LogP contribution in [0, 0.1) is 6.92 Å². The second-order valence-electron chi connectivity index (χ2n) is 29.1. The molecule has 4 atom stereocenters. The number of alkyl halides is 3. The number of carbonyl (C=O) groups excluding carboxylic acids is 2. The molecule has 6 aromatic rings. The molecule has 0 aliphatic carbocycles. The molecule has 0 unspecified atom stereocenters. The molecule has 12 rings (SSSR count). The number of rotatable bonds is 18. The van der Waals surface area contributed by atoms with Crippen LogP contribution in [0.1, 0.15) is 118 Å². The number of aromatic nitrogens is 4. The number of piperazine rings is 2. The number of anilines is 3. The first-order valence-corrected chi connectivity index (χ1v) is 37.2. The average Bonchev–Trinajstić information content (AvgIpc) is 0.750. The lowest BCUT2D eigenvalue weighted by molar-refractivity contribution is -0.0500. The normalized spacial score (nSPS) is 19.9. The van der Waals surface area contributed by atoms with Crippen LogP contribution >= 0.6 is 0 Å². The predicted octanol–water partition coefficient (Wildman–Crippen LogP) is 11.2. The molecule has 0 spiro atoms. The van der Waals surface area contributed by atoms with Gasteiger partial charge in [0, 0.05) is 119 Å². The zero-order valence-electron chi connectivity index (χ0n) is 61.7. The predicted molar refractivity (Wildman–Crippen MR) is 395 cm³/mol. The summed E-state index contributed by atoms with van der Waals surface area (Å²) in [4.78, 5) is 61.3. The average molecular weight is 1470 g/mol. The highest BCUT2D eigenvalue weighted by molar-refractivity contribution is 7.88. The van der Waals surface area contributed by atoms with Crippen LogP contribution in [0.15, 0.2) is 72.8 Å². The first kappa shape index (κ1) is 80.3. The van der Waals surface area contributed by atoms with Crippen LogP contribution in [0.2, 0.25) is 0 Å². The number of nitrogens with one attached hydrogen (secondary N) is 1. The Morgan fingerprint density at radius 2 is 1.09 bits per heavy atom. The first-order chi connectivity index (χ1) is 49.0. The fraction of sp³-hybridized carbons (Fsp3) is 0.600. The van der Waals surface area contributed by atoms with E-state index in [-0.39, 0.29) is 61.7 Å². The maximum Gasteiger partial charge on any atom is 0.534 e. The maximum absolute atomic E-state index is 13.1. The van der Waals surface area contributed by atoms with Gasteiger partial charge in [0.15, 0.2) is 12.5 Å². The summed E-state index contributed by atoms with van der Waals surface area (Å²) >= 11 is 0. The lowest BCUT2D eigenvalue weighted by Gasteiger charge is -2.45. The number of hydrogen-bond acceptors (Lipinski definition) is 23. The highest BCUT2D eigenvalue weighted by Gasteiger charge is 2.49. The van der Waals surface area contributed by atoms with E-state index in [0.29, 0.717) is 63.3 Å². The second-order valence-corrected chi connectivity index (χ2v) is 30.6. The number of amides is 2. The van der Waals surface area contributed by atoms with Gasteiger partial charge in [-0.05, 0) is 137 Å². The topological polar surface area (TPSA) is 238 Å². The molecule has 0 radical (unpaired) electrons. The minimum absolute atomic E-state index is 0. The summed E-state index contributed by atoms with van der Waals surface area (Å²) in [6.07, 6.45) is 3.03. The van der Waals surface area contributed by atoms with Gasteiger partial charge < -0.3 is 62.1 Å². The molecule has 1 N–H and O–H groups in total. The highest BCUT2D eigenvalue weighted by atomic mass is 32.2. The quantitative estimate of drug-likeness (QED) is 0.0364. The molecule has 4 aromatic carbocycles. The van der Waals surface area contributed by atoms with Gasteiger partial charge in [-0.3, -0.25) is 19.6 Å². The SMILES string of the molecule is C.COCOc1cc(OS(=O)(=O)C(F)(F)F)c2ccccc2c1.C[C@@H]1CN(c2nc(OCCCN3CCOCC3)nc3c2CCNC3)C[C@H](C)N1C(=O)OC(C)(C)C.Cc1cc(N2CCc3c(nc(OCCCN4CCOCC4)nc3N3C[C@@H](C)N(C(=O)OC(C)(C)C)[C@@H](C)C3)C2)c2ccccc2c1. The Bertz CT molecular complexity index is 3940. The number of fused-ring (bicyclic) bond motifs is 4. The van der Waals surface area contributed by atoms with Crippen molar-refractivity contribution in [1.29, 1.82) is 0 Å². The van der Waals surface area contributed by atoms with Crippen LogP contribution in [0.25, 0.3) is 21.5 Å². The Morgan fingerprint density at radius 3 is 1.59 bits per heavy atom. The standard InChI is InChI=1S/C36H50N6O4.C25H42N6O4.C13H11F3O5S.CH4/c1-25-20-28-10-7-8-11-29(28)32(21-25)40-14-12-30-31(24-40)37-34(45-17-9-13-39-15-18-44-19-16-39)38-33(30)41-22-26(2)42(27(3)23-41)35(43)46-36(4,5)6;1-18-16-30(17-19(2)31(18)24(32)35-25(3,4)5)22-20-7-8-26-15-21(20)27-23(28-22)34-12-6-9-29-10-13-33-14-11-29;1-19-8-20-10-6-9-4-2-3-5-11(9)12(7-10)21-22(17,18)13(14,15)16;/h7-8,10-11,20-21,26-27H,9,12-19,22-24H2,1-6H3;18-19,26H,6-17H2,1-5H3;2-7H,8H2,1H3;1H4/t26-,27+;18-,19+;;. The van der Waals surface area contributed by atoms with Crippen LogP contribution in [-0.4, -0.2) is 233 Å². The van der Waals surface area contributed by atoms with Crippen molar-refractivity contribution in [2.45, 2.75) is 163 Å². The Hall–Kier alpha value is -7.80. The lowest BCUT2D eigenvalue weighted by Crippen LogP contribution is -2.60. The monoisotopic (exact) mass is 1470 g/mol. The van der Waals surface area contributed by atoms with E-state index in [1.165, 1.54) is 52.4 Å². The summed E-state index contributed by atoms with van der Waals surface area (Å²) < 4.78 is 108. The third-order valence-electron chi connectivity index (χ3n) is 18.4. The zero-order valence-corrected chi connectivity index (χ0v) is 62.5. The molecule has 6 aliphatic rings. The highest BCUT2D eigenvalue weighted by Crippen LogP contribution is 2.39. The number of morpholine rings is 2. The van der Waals surface area contributed by atoms with Crippen LogP contribution in [0.5, 0.6) is 23.5 Å². The Labute approximate surface area is 611 Å². The van der Waals surface area contributed by atoms with Crippen molar-refractivity contribution < 1.29 is 73.3 Å². The number of carbonyl (C=O) groups is 2. The van der Waals surface area contributed by atoms with Crippen molar-refractivity contribution in [2.24, 2.45) is 0 Å². The molecule has 6 aliphatic heterocycles. The van der Waals surface area contributed by atoms with Crippen LogP contribution in [0.3, 0.4) is 0 Å². The van der Waals surface area contributed by atoms with Gasteiger partial charge in [0.25, 0.3) is 0 Å². The van der Waals surface area contributed by atoms with Crippen molar-refractivity contribution in [3.8, 4) is 23.5 Å². The van der Waals surface area contributed by atoms with Gasteiger partial charge in [-0.2, -0.15) is 41.5 Å². The molecule has 25 nitrogen and oxygen atoms in total. The molecule has 0 saturated carbocycles. The third-order valence-corrected chi connectivity index (χ3v) is 19.4. The maximum atomic E-state index is 13.1. The number of hydrogen-bond donors (Lipinski definition) is 1. The minimum atomic E-state index is -5.77. The minimum Gasteiger partial charge on any atom is -0.467 e. The Kier molecular flexibility index (Phi) is 27.4. The molecular weight excluding hydrogens is 1370 g/mol. The van der Waals surface area contributed by atoms with Crippen molar-refractivity contribution in [3.05, 3.63) is 101 Å². The molecule has 2 amide bonds. The van der Waals surface area contributed by atoms with Gasteiger partial charge >= 0.3 is 39.8 Å². The molecule has 2 aromatic heterocycles. The van der Waals surface area contributed by atoms with Gasteiger partial charge in [0.1, 0.15) is 28.6 Å². The fourth-order valence-corrected chi connectivity index (χ4v) is 14.3. The smallest absolute Gasteiger partial charge is 0.467 e. The van der Waals surface area contributed by atoms with Gasteiger partial charge in [-0.25, -0.2) is 9.59 Å². The molecule has 104 heavy (non-hydrogen) atoms. The van der Waals surface area contributed by atoms with Crippen molar-refractivity contribution in [1.82, 2.24) is 44.9 Å². The number of nitrogens with zero attached hydrogens (tertiary/aromatic N) is 11. The van der Waals surface area contributed by atoms with Crippen LogP contribution in [0.4, 0.5) is 40.1 Å². The van der Waals surface area contributed by atoms with Gasteiger partial charge in [-0.1, -0.05) is 62.0 Å². The van der Waals surface area contributed by atoms with Crippen LogP contribution in [-0.2, 0) is 59.7 Å². The van der Waals surface area contributed by atoms with Crippen molar-refractivity contribution in [2.75, 3.05) is 147 Å². The summed E-state index contributed by atoms with van der Waals surface area (Å²) in [6.45, 7) is 37.9. The number of benzene rings is 4. The molecule has 29 heteroatoms. The summed E-state index contributed by atoms with van der Waals surface area (Å²) in [7, 11) is -4.40. The molecule has 0 bridgehead atoms. The van der Waals surface area contributed by atoms with E-state index in [1.54, 1.807) is 18.2 Å². The summed E-state index contributed by atoms with van der Waals surface area (Å²) in [5.74, 6) is 1.53. The Morgan fingerprint density at radius 1 is 0.606 bits per heavy atom. The molecule has 8 heterocycles. The van der Waals surface area contributed by atoms with E-state index in [1.807, 2.05) is 51.3 Å². The second kappa shape index (κ2) is 35.5. The van der Waals surface area contributed by atoms with E-state index in [4.69, 9.17) is 57.8 Å². The zero-order chi connectivity index (χ0) is 73.8. The lowest BCUT2D eigenvalue weighted by atomic mass is 10.00. The van der Waals surface area contributed by atoms with E-state index >= 15 is 0 Å². The molecule has 4 fully saturated rings. The van der Waals surface area contributed by atoms with Crippen molar-refractivity contribution in [3.63, 3.8) is 0 Å². The summed E-state index contributed by atoms with van der Waals surface area (Å²) in [5, 5.41) is 6.60. The fourth-order valence-electron chi connectivity index (χ4n) is 13.8. The molecular formula is C75H107F3N12O13S. The van der Waals surface area contributed by atoms with E-state index < -0.39 is 32.6 Å². The van der Waals surface area contributed by atoms with Gasteiger partial charge in [-0.15, -0.1) is 0 Å². The van der Waals surface area contributed by atoms with E-state index in [9.17, 15) is 31.2 Å². The summed E-state index contributed by atoms with van der Waals surface area (Å²) in [5.41, 5.74) is 0.313.